The number of benzene rings is 2. The molecule has 0 bridgehead atoms. The second-order valence-electron chi connectivity index (χ2n) is 8.29. The van der Waals surface area contributed by atoms with Crippen LogP contribution >= 0.6 is 11.3 Å². The minimum absolute atomic E-state index is 0.0218. The van der Waals surface area contributed by atoms with Gasteiger partial charge in [0, 0.05) is 17.0 Å². The summed E-state index contributed by atoms with van der Waals surface area (Å²) in [6, 6.07) is 18.5. The van der Waals surface area contributed by atoms with Crippen molar-refractivity contribution in [2.24, 2.45) is 5.92 Å². The molecule has 3 aromatic rings. The molecule has 6 heteroatoms. The Morgan fingerprint density at radius 3 is 2.56 bits per heavy atom. The first kappa shape index (κ1) is 22.1. The van der Waals surface area contributed by atoms with Gasteiger partial charge in [0.15, 0.2) is 0 Å². The maximum absolute atomic E-state index is 13.8. The molecule has 0 radical (unpaired) electrons. The third-order valence-corrected chi connectivity index (χ3v) is 6.51. The van der Waals surface area contributed by atoms with Crippen molar-refractivity contribution in [3.05, 3.63) is 82.0 Å². The number of hydrogen-bond acceptors (Lipinski definition) is 4. The molecule has 32 heavy (non-hydrogen) atoms. The SMILES string of the molecule is CCOc1ccccc1NC(=O)[C@@H]1c2ccccc2C(=O)N(CC(C)C)[C@H]1c1cccs1. The molecule has 5 nitrogen and oxygen atoms in total. The maximum atomic E-state index is 13.8. The Hall–Kier alpha value is -3.12. The van der Waals surface area contributed by atoms with Gasteiger partial charge in [0.2, 0.25) is 5.91 Å². The first-order valence-corrected chi connectivity index (χ1v) is 11.8. The normalized spacial score (nSPS) is 17.9. The molecule has 2 heterocycles. The average molecular weight is 449 g/mol. The number of fused-ring (bicyclic) bond motifs is 1. The monoisotopic (exact) mass is 448 g/mol. The van der Waals surface area contributed by atoms with E-state index < -0.39 is 5.92 Å². The number of nitrogens with one attached hydrogen (secondary N) is 1. The van der Waals surface area contributed by atoms with Gasteiger partial charge in [0.05, 0.1) is 24.3 Å². The summed E-state index contributed by atoms with van der Waals surface area (Å²) in [6.07, 6.45) is 0. The highest BCUT2D eigenvalue weighted by Gasteiger charge is 2.44. The van der Waals surface area contributed by atoms with Crippen LogP contribution in [0.5, 0.6) is 5.75 Å². The van der Waals surface area contributed by atoms with E-state index in [2.05, 4.69) is 19.2 Å². The van der Waals surface area contributed by atoms with Crippen molar-refractivity contribution in [1.29, 1.82) is 0 Å². The predicted molar refractivity (Wildman–Crippen MR) is 128 cm³/mol. The van der Waals surface area contributed by atoms with Crippen LogP contribution in [0, 0.1) is 5.92 Å². The molecule has 0 spiro atoms. The van der Waals surface area contributed by atoms with Crippen molar-refractivity contribution in [2.45, 2.75) is 32.7 Å². The Bertz CT molecular complexity index is 1090. The van der Waals surface area contributed by atoms with Gasteiger partial charge in [-0.3, -0.25) is 9.59 Å². The highest BCUT2D eigenvalue weighted by Crippen LogP contribution is 2.45. The highest BCUT2D eigenvalue weighted by molar-refractivity contribution is 7.10. The molecule has 0 aliphatic carbocycles. The number of hydrogen-bond donors (Lipinski definition) is 1. The smallest absolute Gasteiger partial charge is 0.254 e. The van der Waals surface area contributed by atoms with Crippen LogP contribution in [0.15, 0.2) is 66.0 Å². The number of nitrogens with zero attached hydrogens (tertiary/aromatic N) is 1. The van der Waals surface area contributed by atoms with E-state index in [-0.39, 0.29) is 23.8 Å². The van der Waals surface area contributed by atoms with Gasteiger partial charge in [0.25, 0.3) is 5.91 Å². The summed E-state index contributed by atoms with van der Waals surface area (Å²) in [5.74, 6) is 0.205. The summed E-state index contributed by atoms with van der Waals surface area (Å²) in [4.78, 5) is 30.2. The summed E-state index contributed by atoms with van der Waals surface area (Å²) in [6.45, 7) is 7.18. The number of amides is 2. The fourth-order valence-electron chi connectivity index (χ4n) is 4.31. The van der Waals surface area contributed by atoms with Crippen LogP contribution in [0.25, 0.3) is 0 Å². The van der Waals surface area contributed by atoms with Gasteiger partial charge in [-0.2, -0.15) is 0 Å². The Balaban J connectivity index is 1.80. The van der Waals surface area contributed by atoms with Crippen LogP contribution in [0.2, 0.25) is 0 Å². The fourth-order valence-corrected chi connectivity index (χ4v) is 5.18. The molecule has 2 aromatic carbocycles. The first-order chi connectivity index (χ1) is 15.5. The first-order valence-electron chi connectivity index (χ1n) is 11.0. The summed E-state index contributed by atoms with van der Waals surface area (Å²) in [5, 5.41) is 5.08. The topological polar surface area (TPSA) is 58.6 Å². The predicted octanol–water partition coefficient (Wildman–Crippen LogP) is 5.72. The van der Waals surface area contributed by atoms with Crippen LogP contribution in [0.1, 0.15) is 53.5 Å². The van der Waals surface area contributed by atoms with Gasteiger partial charge in [-0.05, 0) is 48.1 Å². The minimum Gasteiger partial charge on any atom is -0.492 e. The highest BCUT2D eigenvalue weighted by atomic mass is 32.1. The molecule has 1 N–H and O–H groups in total. The minimum atomic E-state index is -0.531. The lowest BCUT2D eigenvalue weighted by Crippen LogP contribution is -2.47. The van der Waals surface area contributed by atoms with Crippen LogP contribution < -0.4 is 10.1 Å². The second-order valence-corrected chi connectivity index (χ2v) is 9.27. The Kier molecular flexibility index (Phi) is 6.61. The van der Waals surface area contributed by atoms with Crippen LogP contribution in [-0.2, 0) is 4.79 Å². The second kappa shape index (κ2) is 9.57. The number of rotatable bonds is 7. The van der Waals surface area contributed by atoms with Gasteiger partial charge < -0.3 is 15.0 Å². The standard InChI is InChI=1S/C26H28N2O3S/c1-4-31-21-13-8-7-12-20(21)27-25(29)23-18-10-5-6-11-19(18)26(30)28(16-17(2)3)24(23)22-14-9-15-32-22/h5-15,17,23-24H,4,16H2,1-3H3,(H,27,29)/t23-,24+/m1/s1. The van der Waals surface area contributed by atoms with E-state index in [1.807, 2.05) is 77.9 Å². The zero-order valence-corrected chi connectivity index (χ0v) is 19.4. The number of carbonyl (C=O) groups excluding carboxylic acids is 2. The summed E-state index contributed by atoms with van der Waals surface area (Å²) in [5.41, 5.74) is 2.00. The third kappa shape index (κ3) is 4.28. The zero-order chi connectivity index (χ0) is 22.7. The van der Waals surface area contributed by atoms with Crippen LogP contribution in [0.3, 0.4) is 0 Å². The third-order valence-electron chi connectivity index (χ3n) is 5.56. The average Bonchev–Trinajstić information content (AvgIpc) is 3.31. The van der Waals surface area contributed by atoms with Crippen molar-refractivity contribution < 1.29 is 14.3 Å². The van der Waals surface area contributed by atoms with Gasteiger partial charge >= 0.3 is 0 Å². The Morgan fingerprint density at radius 1 is 1.09 bits per heavy atom. The number of ether oxygens (including phenoxy) is 1. The van der Waals surface area contributed by atoms with E-state index in [0.717, 1.165) is 10.4 Å². The van der Waals surface area contributed by atoms with E-state index in [4.69, 9.17) is 4.74 Å². The molecule has 2 atom stereocenters. The molecular weight excluding hydrogens is 420 g/mol. The molecule has 2 amide bonds. The molecule has 166 valence electrons. The van der Waals surface area contributed by atoms with Crippen molar-refractivity contribution in [2.75, 3.05) is 18.5 Å². The van der Waals surface area contributed by atoms with Crippen LogP contribution in [0.4, 0.5) is 5.69 Å². The Labute approximate surface area is 193 Å². The van der Waals surface area contributed by atoms with Gasteiger partial charge in [-0.25, -0.2) is 0 Å². The molecule has 0 fully saturated rings. The number of carbonyl (C=O) groups is 2. The fraction of sp³-hybridized carbons (Fsp3) is 0.308. The maximum Gasteiger partial charge on any atom is 0.254 e. The number of anilines is 1. The van der Waals surface area contributed by atoms with E-state index in [1.54, 1.807) is 11.3 Å². The number of thiophene rings is 1. The van der Waals surface area contributed by atoms with Gasteiger partial charge in [-0.1, -0.05) is 50.2 Å². The lowest BCUT2D eigenvalue weighted by atomic mass is 9.81. The molecular formula is C26H28N2O3S. The van der Waals surface area contributed by atoms with Crippen molar-refractivity contribution in [1.82, 2.24) is 4.90 Å². The lowest BCUT2D eigenvalue weighted by molar-refractivity contribution is -0.119. The van der Waals surface area contributed by atoms with Gasteiger partial charge in [-0.15, -0.1) is 11.3 Å². The molecule has 1 aliphatic rings. The molecule has 0 saturated heterocycles. The molecule has 4 rings (SSSR count). The molecule has 1 aliphatic heterocycles. The quantitative estimate of drug-likeness (QED) is 0.503. The lowest BCUT2D eigenvalue weighted by Gasteiger charge is -2.42. The van der Waals surface area contributed by atoms with E-state index in [0.29, 0.717) is 30.2 Å². The Morgan fingerprint density at radius 2 is 1.84 bits per heavy atom. The van der Waals surface area contributed by atoms with E-state index in [1.165, 1.54) is 0 Å². The molecule has 1 aromatic heterocycles. The van der Waals surface area contributed by atoms with Crippen molar-refractivity contribution >= 4 is 28.8 Å². The zero-order valence-electron chi connectivity index (χ0n) is 18.6. The summed E-state index contributed by atoms with van der Waals surface area (Å²) < 4.78 is 5.71. The van der Waals surface area contributed by atoms with Crippen molar-refractivity contribution in [3.63, 3.8) is 0 Å². The largest absolute Gasteiger partial charge is 0.492 e. The van der Waals surface area contributed by atoms with E-state index in [9.17, 15) is 9.59 Å². The molecule has 0 unspecified atom stereocenters. The summed E-state index contributed by atoms with van der Waals surface area (Å²) >= 11 is 1.58. The van der Waals surface area contributed by atoms with Crippen molar-refractivity contribution in [3.8, 4) is 5.75 Å². The number of para-hydroxylation sites is 2. The summed E-state index contributed by atoms with van der Waals surface area (Å²) in [7, 11) is 0. The molecule has 0 saturated carbocycles. The van der Waals surface area contributed by atoms with E-state index >= 15 is 0 Å². The van der Waals surface area contributed by atoms with Crippen LogP contribution in [-0.4, -0.2) is 29.9 Å². The van der Waals surface area contributed by atoms with Gasteiger partial charge in [0.1, 0.15) is 5.75 Å².